The molecule has 0 radical (unpaired) electrons. The maximum Gasteiger partial charge on any atom is 0.261 e. The van der Waals surface area contributed by atoms with Crippen molar-refractivity contribution in [3.63, 3.8) is 0 Å². The van der Waals surface area contributed by atoms with Gasteiger partial charge in [-0.2, -0.15) is 0 Å². The number of amides is 2. The zero-order valence-corrected chi connectivity index (χ0v) is 10.5. The second kappa shape index (κ2) is 4.44. The second-order valence-corrected chi connectivity index (χ2v) is 4.40. The van der Waals surface area contributed by atoms with Crippen LogP contribution in [0, 0.1) is 0 Å². The molecule has 0 N–H and O–H groups in total. The standard InChI is InChI=1S/C13H8ClN3O2/c14-13-15-6-5-8(16-13)7-17-11(18)9-3-1-2-4-10(9)12(17)19/h1-6H,7H2. The summed E-state index contributed by atoms with van der Waals surface area (Å²) in [6, 6.07) is 8.37. The van der Waals surface area contributed by atoms with E-state index in [0.717, 1.165) is 4.90 Å². The van der Waals surface area contributed by atoms with E-state index in [2.05, 4.69) is 9.97 Å². The molecule has 2 aromatic rings. The first kappa shape index (κ1) is 11.8. The van der Waals surface area contributed by atoms with E-state index in [1.807, 2.05) is 0 Å². The van der Waals surface area contributed by atoms with Gasteiger partial charge in [-0.1, -0.05) is 12.1 Å². The van der Waals surface area contributed by atoms with Crippen molar-refractivity contribution in [2.45, 2.75) is 6.54 Å². The van der Waals surface area contributed by atoms with E-state index in [4.69, 9.17) is 11.6 Å². The van der Waals surface area contributed by atoms with Gasteiger partial charge in [-0.25, -0.2) is 9.97 Å². The van der Waals surface area contributed by atoms with Gasteiger partial charge in [0.05, 0.1) is 23.4 Å². The molecule has 2 heterocycles. The zero-order valence-electron chi connectivity index (χ0n) is 9.71. The number of hydrogen-bond donors (Lipinski definition) is 0. The fourth-order valence-corrected chi connectivity index (χ4v) is 2.17. The van der Waals surface area contributed by atoms with Crippen LogP contribution in [0.15, 0.2) is 36.5 Å². The number of benzene rings is 1. The summed E-state index contributed by atoms with van der Waals surface area (Å²) in [6.45, 7) is 0.0919. The van der Waals surface area contributed by atoms with Gasteiger partial charge in [0.2, 0.25) is 5.28 Å². The van der Waals surface area contributed by atoms with Gasteiger partial charge in [-0.05, 0) is 29.8 Å². The predicted octanol–water partition coefficient (Wildman–Crippen LogP) is 1.93. The molecule has 6 heteroatoms. The highest BCUT2D eigenvalue weighted by Crippen LogP contribution is 2.23. The molecule has 0 bridgehead atoms. The minimum Gasteiger partial charge on any atom is -0.269 e. The fourth-order valence-electron chi connectivity index (χ4n) is 2.00. The van der Waals surface area contributed by atoms with Gasteiger partial charge in [0.1, 0.15) is 0 Å². The smallest absolute Gasteiger partial charge is 0.261 e. The quantitative estimate of drug-likeness (QED) is 0.619. The monoisotopic (exact) mass is 273 g/mol. The van der Waals surface area contributed by atoms with Crippen LogP contribution in [0.1, 0.15) is 26.4 Å². The molecule has 0 aliphatic carbocycles. The van der Waals surface area contributed by atoms with Gasteiger partial charge in [0.15, 0.2) is 0 Å². The van der Waals surface area contributed by atoms with Crippen LogP contribution >= 0.6 is 11.6 Å². The first-order valence-corrected chi connectivity index (χ1v) is 5.97. The maximum atomic E-state index is 12.1. The average molecular weight is 274 g/mol. The lowest BCUT2D eigenvalue weighted by Gasteiger charge is -2.12. The molecule has 0 saturated carbocycles. The number of aromatic nitrogens is 2. The molecule has 5 nitrogen and oxygen atoms in total. The van der Waals surface area contributed by atoms with Crippen LogP contribution in [0.2, 0.25) is 5.28 Å². The summed E-state index contributed by atoms with van der Waals surface area (Å²) in [7, 11) is 0. The van der Waals surface area contributed by atoms with Gasteiger partial charge >= 0.3 is 0 Å². The van der Waals surface area contributed by atoms with Gasteiger partial charge in [-0.15, -0.1) is 0 Å². The number of halogens is 1. The number of carbonyl (C=O) groups excluding carboxylic acids is 2. The predicted molar refractivity (Wildman–Crippen MR) is 67.7 cm³/mol. The highest BCUT2D eigenvalue weighted by atomic mass is 35.5. The summed E-state index contributed by atoms with van der Waals surface area (Å²) in [5, 5.41) is 0.0918. The third kappa shape index (κ3) is 1.98. The Morgan fingerprint density at radius 1 is 1.05 bits per heavy atom. The van der Waals surface area contributed by atoms with E-state index >= 15 is 0 Å². The summed E-state index contributed by atoms with van der Waals surface area (Å²) in [5.74, 6) is -0.620. The molecule has 0 spiro atoms. The lowest BCUT2D eigenvalue weighted by Crippen LogP contribution is -2.29. The maximum absolute atomic E-state index is 12.1. The molecule has 0 atom stereocenters. The number of nitrogens with zero attached hydrogens (tertiary/aromatic N) is 3. The summed E-state index contributed by atoms with van der Waals surface area (Å²) in [5.41, 5.74) is 1.37. The Kier molecular flexibility index (Phi) is 2.76. The minimum absolute atomic E-state index is 0.0918. The molecule has 0 unspecified atom stereocenters. The van der Waals surface area contributed by atoms with Crippen LogP contribution in [-0.2, 0) is 6.54 Å². The number of fused-ring (bicyclic) bond motifs is 1. The van der Waals surface area contributed by atoms with Gasteiger partial charge in [0, 0.05) is 6.20 Å². The summed E-state index contributed by atoms with van der Waals surface area (Å²) in [4.78, 5) is 33.1. The van der Waals surface area contributed by atoms with Crippen LogP contribution in [0.5, 0.6) is 0 Å². The Hall–Kier alpha value is -2.27. The van der Waals surface area contributed by atoms with Gasteiger partial charge in [-0.3, -0.25) is 14.5 Å². The summed E-state index contributed by atoms with van der Waals surface area (Å²) >= 11 is 5.68. The molecule has 3 rings (SSSR count). The number of rotatable bonds is 2. The topological polar surface area (TPSA) is 63.2 Å². The lowest BCUT2D eigenvalue weighted by atomic mass is 10.1. The highest BCUT2D eigenvalue weighted by molar-refractivity contribution is 6.28. The van der Waals surface area contributed by atoms with Crippen molar-refractivity contribution in [2.24, 2.45) is 0 Å². The SMILES string of the molecule is O=C1c2ccccc2C(=O)N1Cc1ccnc(Cl)n1. The minimum atomic E-state index is -0.310. The summed E-state index contributed by atoms with van der Waals surface area (Å²) < 4.78 is 0. The Morgan fingerprint density at radius 2 is 1.68 bits per heavy atom. The Bertz CT molecular complexity index is 652. The van der Waals surface area contributed by atoms with Crippen molar-refractivity contribution >= 4 is 23.4 Å². The van der Waals surface area contributed by atoms with Crippen molar-refractivity contribution in [3.05, 3.63) is 58.6 Å². The Labute approximate surface area is 113 Å². The highest BCUT2D eigenvalue weighted by Gasteiger charge is 2.35. The first-order valence-electron chi connectivity index (χ1n) is 5.59. The van der Waals surface area contributed by atoms with E-state index < -0.39 is 0 Å². The molecule has 0 saturated heterocycles. The normalized spacial score (nSPS) is 13.8. The van der Waals surface area contributed by atoms with Crippen molar-refractivity contribution < 1.29 is 9.59 Å². The summed E-state index contributed by atoms with van der Waals surface area (Å²) in [6.07, 6.45) is 1.49. The van der Waals surface area contributed by atoms with E-state index in [1.165, 1.54) is 6.20 Å². The van der Waals surface area contributed by atoms with Crippen LogP contribution in [0.25, 0.3) is 0 Å². The van der Waals surface area contributed by atoms with Crippen molar-refractivity contribution in [2.75, 3.05) is 0 Å². The van der Waals surface area contributed by atoms with E-state index in [1.54, 1.807) is 30.3 Å². The number of imide groups is 1. The molecule has 1 aliphatic heterocycles. The molecule has 94 valence electrons. The van der Waals surface area contributed by atoms with E-state index in [-0.39, 0.29) is 23.6 Å². The average Bonchev–Trinajstić information content (AvgIpc) is 2.65. The Balaban J connectivity index is 1.92. The van der Waals surface area contributed by atoms with E-state index in [9.17, 15) is 9.59 Å². The number of hydrogen-bond acceptors (Lipinski definition) is 4. The molecule has 1 aromatic heterocycles. The van der Waals surface area contributed by atoms with Crippen molar-refractivity contribution in [1.82, 2.24) is 14.9 Å². The van der Waals surface area contributed by atoms with Crippen LogP contribution in [0.3, 0.4) is 0 Å². The van der Waals surface area contributed by atoms with Crippen LogP contribution in [-0.4, -0.2) is 26.7 Å². The largest absolute Gasteiger partial charge is 0.269 e. The van der Waals surface area contributed by atoms with Crippen LogP contribution < -0.4 is 0 Å². The second-order valence-electron chi connectivity index (χ2n) is 4.06. The zero-order chi connectivity index (χ0) is 13.4. The van der Waals surface area contributed by atoms with E-state index in [0.29, 0.717) is 16.8 Å². The third-order valence-corrected chi connectivity index (χ3v) is 3.06. The van der Waals surface area contributed by atoms with Crippen molar-refractivity contribution in [3.8, 4) is 0 Å². The molecule has 1 aromatic carbocycles. The fraction of sp³-hybridized carbons (Fsp3) is 0.0769. The van der Waals surface area contributed by atoms with Crippen LogP contribution in [0.4, 0.5) is 0 Å². The Morgan fingerprint density at radius 3 is 2.26 bits per heavy atom. The lowest BCUT2D eigenvalue weighted by molar-refractivity contribution is 0.0640. The van der Waals surface area contributed by atoms with Crippen molar-refractivity contribution in [1.29, 1.82) is 0 Å². The molecular weight excluding hydrogens is 266 g/mol. The molecule has 1 aliphatic rings. The molecular formula is C13H8ClN3O2. The van der Waals surface area contributed by atoms with Gasteiger partial charge in [0.25, 0.3) is 11.8 Å². The molecule has 19 heavy (non-hydrogen) atoms. The molecule has 0 fully saturated rings. The van der Waals surface area contributed by atoms with Gasteiger partial charge < -0.3 is 0 Å². The first-order chi connectivity index (χ1) is 9.16. The number of carbonyl (C=O) groups is 2. The molecule has 2 amide bonds. The third-order valence-electron chi connectivity index (χ3n) is 2.88.